The minimum atomic E-state index is -0.287. The number of aliphatic hydroxyl groups excluding tert-OH is 1. The Kier molecular flexibility index (Phi) is 4.19. The first-order chi connectivity index (χ1) is 8.18. The van der Waals surface area contributed by atoms with Gasteiger partial charge in [-0.3, -0.25) is 0 Å². The van der Waals surface area contributed by atoms with Crippen molar-refractivity contribution in [3.05, 3.63) is 35.9 Å². The van der Waals surface area contributed by atoms with Crippen LogP contribution in [0.5, 0.6) is 0 Å². The molecule has 1 fully saturated rings. The van der Waals surface area contributed by atoms with Gasteiger partial charge < -0.3 is 10.0 Å². The smallest absolute Gasteiger partial charge is 0.0819 e. The second-order valence-corrected chi connectivity index (χ2v) is 5.32. The summed E-state index contributed by atoms with van der Waals surface area (Å²) in [4.78, 5) is 2.49. The number of piperidine rings is 1. The summed E-state index contributed by atoms with van der Waals surface area (Å²) in [6.45, 7) is 6.72. The van der Waals surface area contributed by atoms with Crippen LogP contribution >= 0.6 is 0 Å². The first-order valence-electron chi connectivity index (χ1n) is 6.65. The van der Waals surface area contributed by atoms with Crippen LogP contribution in [0.4, 0.5) is 0 Å². The lowest BCUT2D eigenvalue weighted by molar-refractivity contribution is 0.0499. The molecule has 1 aliphatic rings. The van der Waals surface area contributed by atoms with Crippen molar-refractivity contribution in [1.29, 1.82) is 0 Å². The molecule has 1 saturated heterocycles. The van der Waals surface area contributed by atoms with E-state index in [1.807, 2.05) is 30.3 Å². The Balaban J connectivity index is 1.93. The lowest BCUT2D eigenvalue weighted by Gasteiger charge is -2.36. The largest absolute Gasteiger partial charge is 0.388 e. The van der Waals surface area contributed by atoms with Gasteiger partial charge in [0.05, 0.1) is 6.10 Å². The van der Waals surface area contributed by atoms with Crippen molar-refractivity contribution in [1.82, 2.24) is 4.90 Å². The number of hydrogen-bond donors (Lipinski definition) is 1. The topological polar surface area (TPSA) is 23.5 Å². The minimum Gasteiger partial charge on any atom is -0.388 e. The Morgan fingerprint density at radius 2 is 1.71 bits per heavy atom. The number of hydrogen-bond acceptors (Lipinski definition) is 2. The number of benzene rings is 1. The second kappa shape index (κ2) is 5.65. The summed E-state index contributed by atoms with van der Waals surface area (Å²) >= 11 is 0. The molecule has 1 heterocycles. The number of aliphatic hydroxyl groups is 1. The van der Waals surface area contributed by atoms with Crippen LogP contribution in [-0.2, 0) is 0 Å². The molecule has 0 amide bonds. The molecule has 0 spiro atoms. The van der Waals surface area contributed by atoms with Crippen molar-refractivity contribution >= 4 is 0 Å². The molecule has 1 aromatic rings. The second-order valence-electron chi connectivity index (χ2n) is 5.32. The zero-order valence-electron chi connectivity index (χ0n) is 10.8. The highest BCUT2D eigenvalue weighted by Gasteiger charge is 2.26. The molecule has 1 aliphatic heterocycles. The van der Waals surface area contributed by atoms with Crippen LogP contribution in [-0.4, -0.2) is 29.1 Å². The van der Waals surface area contributed by atoms with Crippen molar-refractivity contribution in [3.63, 3.8) is 0 Å². The molecule has 0 saturated carbocycles. The summed E-state index contributed by atoms with van der Waals surface area (Å²) in [6, 6.07) is 10.7. The molecule has 1 unspecified atom stereocenters. The van der Waals surface area contributed by atoms with Crippen molar-refractivity contribution in [2.75, 3.05) is 13.1 Å². The van der Waals surface area contributed by atoms with Gasteiger partial charge in [-0.2, -0.15) is 0 Å². The molecule has 0 bridgehead atoms. The van der Waals surface area contributed by atoms with Crippen LogP contribution in [0, 0.1) is 5.92 Å². The summed E-state index contributed by atoms with van der Waals surface area (Å²) in [6.07, 6.45) is 1.92. The van der Waals surface area contributed by atoms with Gasteiger partial charge in [-0.15, -0.1) is 0 Å². The first-order valence-corrected chi connectivity index (χ1v) is 6.65. The molecule has 0 aliphatic carbocycles. The molecule has 1 atom stereocenters. The summed E-state index contributed by atoms with van der Waals surface area (Å²) in [5.41, 5.74) is 1.07. The van der Waals surface area contributed by atoms with E-state index in [9.17, 15) is 5.11 Å². The average molecular weight is 233 g/mol. The van der Waals surface area contributed by atoms with E-state index >= 15 is 0 Å². The molecule has 1 N–H and O–H groups in total. The van der Waals surface area contributed by atoms with Gasteiger partial charge in [0.25, 0.3) is 0 Å². The molecule has 2 nitrogen and oxygen atoms in total. The van der Waals surface area contributed by atoms with Gasteiger partial charge in [-0.05, 0) is 51.3 Å². The monoisotopic (exact) mass is 233 g/mol. The van der Waals surface area contributed by atoms with Gasteiger partial charge >= 0.3 is 0 Å². The third-order valence-electron chi connectivity index (χ3n) is 3.89. The number of likely N-dealkylation sites (tertiary alicyclic amines) is 1. The van der Waals surface area contributed by atoms with E-state index in [1.54, 1.807) is 0 Å². The van der Waals surface area contributed by atoms with Gasteiger partial charge in [0.2, 0.25) is 0 Å². The van der Waals surface area contributed by atoms with E-state index in [4.69, 9.17) is 0 Å². The van der Waals surface area contributed by atoms with E-state index in [0.29, 0.717) is 12.0 Å². The van der Waals surface area contributed by atoms with Crippen molar-refractivity contribution < 1.29 is 5.11 Å². The molecular weight excluding hydrogens is 210 g/mol. The molecule has 0 aromatic heterocycles. The van der Waals surface area contributed by atoms with Crippen LogP contribution in [0.25, 0.3) is 0 Å². The third-order valence-corrected chi connectivity index (χ3v) is 3.89. The predicted molar refractivity (Wildman–Crippen MR) is 70.8 cm³/mol. The molecule has 2 heteroatoms. The molecule has 2 rings (SSSR count). The van der Waals surface area contributed by atoms with E-state index in [0.717, 1.165) is 31.5 Å². The fraction of sp³-hybridized carbons (Fsp3) is 0.600. The quantitative estimate of drug-likeness (QED) is 0.867. The molecule has 17 heavy (non-hydrogen) atoms. The third kappa shape index (κ3) is 3.08. The highest BCUT2D eigenvalue weighted by molar-refractivity contribution is 5.18. The van der Waals surface area contributed by atoms with Crippen LogP contribution in [0.2, 0.25) is 0 Å². The van der Waals surface area contributed by atoms with Gasteiger partial charge in [0.15, 0.2) is 0 Å². The molecular formula is C15H23NO. The fourth-order valence-corrected chi connectivity index (χ4v) is 2.67. The summed E-state index contributed by atoms with van der Waals surface area (Å²) in [5.74, 6) is 0.424. The Morgan fingerprint density at radius 1 is 1.12 bits per heavy atom. The Hall–Kier alpha value is -0.860. The predicted octanol–water partition coefficient (Wildman–Crippen LogP) is 2.84. The summed E-state index contributed by atoms with van der Waals surface area (Å²) < 4.78 is 0. The lowest BCUT2D eigenvalue weighted by Crippen LogP contribution is -2.39. The van der Waals surface area contributed by atoms with E-state index in [-0.39, 0.29) is 6.10 Å². The minimum absolute atomic E-state index is 0.287. The highest BCUT2D eigenvalue weighted by atomic mass is 16.3. The van der Waals surface area contributed by atoms with E-state index < -0.39 is 0 Å². The van der Waals surface area contributed by atoms with Gasteiger partial charge in [-0.1, -0.05) is 30.3 Å². The van der Waals surface area contributed by atoms with E-state index in [1.165, 1.54) is 0 Å². The maximum atomic E-state index is 10.4. The SMILES string of the molecule is CC(C)N1CCC(C(O)c2ccccc2)CC1. The highest BCUT2D eigenvalue weighted by Crippen LogP contribution is 2.30. The fourth-order valence-electron chi connectivity index (χ4n) is 2.67. The van der Waals surface area contributed by atoms with Crippen LogP contribution < -0.4 is 0 Å². The Bertz CT molecular complexity index is 328. The zero-order valence-corrected chi connectivity index (χ0v) is 10.8. The maximum absolute atomic E-state index is 10.4. The Labute approximate surface area is 104 Å². The zero-order chi connectivity index (χ0) is 12.3. The Morgan fingerprint density at radius 3 is 2.24 bits per heavy atom. The van der Waals surface area contributed by atoms with Crippen LogP contribution in [0.3, 0.4) is 0 Å². The van der Waals surface area contributed by atoms with E-state index in [2.05, 4.69) is 18.7 Å². The maximum Gasteiger partial charge on any atom is 0.0819 e. The number of nitrogens with zero attached hydrogens (tertiary/aromatic N) is 1. The molecule has 94 valence electrons. The van der Waals surface area contributed by atoms with Crippen LogP contribution in [0.15, 0.2) is 30.3 Å². The van der Waals surface area contributed by atoms with Gasteiger partial charge in [0.1, 0.15) is 0 Å². The normalized spacial score (nSPS) is 20.7. The van der Waals surface area contributed by atoms with Gasteiger partial charge in [-0.25, -0.2) is 0 Å². The number of rotatable bonds is 3. The molecule has 1 aromatic carbocycles. The van der Waals surface area contributed by atoms with Crippen molar-refractivity contribution in [2.45, 2.75) is 38.8 Å². The van der Waals surface area contributed by atoms with Crippen LogP contribution in [0.1, 0.15) is 38.4 Å². The molecule has 0 radical (unpaired) electrons. The van der Waals surface area contributed by atoms with Crippen molar-refractivity contribution in [2.24, 2.45) is 5.92 Å². The summed E-state index contributed by atoms with van der Waals surface area (Å²) in [5, 5.41) is 10.4. The van der Waals surface area contributed by atoms with Crippen molar-refractivity contribution in [3.8, 4) is 0 Å². The summed E-state index contributed by atoms with van der Waals surface area (Å²) in [7, 11) is 0. The van der Waals surface area contributed by atoms with Gasteiger partial charge in [0, 0.05) is 6.04 Å². The lowest BCUT2D eigenvalue weighted by atomic mass is 9.87. The average Bonchev–Trinajstić information content (AvgIpc) is 2.39. The first kappa shape index (κ1) is 12.6. The standard InChI is InChI=1S/C15H23NO/c1-12(2)16-10-8-14(9-11-16)15(17)13-6-4-3-5-7-13/h3-7,12,14-15,17H,8-11H2,1-2H3.